The van der Waals surface area contributed by atoms with Crippen molar-refractivity contribution in [3.8, 4) is 0 Å². The van der Waals surface area contributed by atoms with E-state index in [0.717, 1.165) is 26.4 Å². The maximum atomic E-state index is 5.18. The molecule has 0 spiro atoms. The molecule has 0 aromatic heterocycles. The van der Waals surface area contributed by atoms with E-state index in [1.807, 2.05) is 14.0 Å². The zero-order valence-electron chi connectivity index (χ0n) is 7.18. The van der Waals surface area contributed by atoms with Crippen LogP contribution in [0.2, 0.25) is 0 Å². The molecule has 0 saturated carbocycles. The van der Waals surface area contributed by atoms with Crippen LogP contribution in [-0.2, 0) is 4.74 Å². The average molecular weight is 146 g/mol. The fourth-order valence-corrected chi connectivity index (χ4v) is 0.714. The van der Waals surface area contributed by atoms with Crippen LogP contribution >= 0.6 is 0 Å². The second-order valence-corrected chi connectivity index (χ2v) is 2.29. The van der Waals surface area contributed by atoms with Crippen molar-refractivity contribution >= 4 is 0 Å². The van der Waals surface area contributed by atoms with Gasteiger partial charge in [0.15, 0.2) is 0 Å². The lowest BCUT2D eigenvalue weighted by atomic mass is 10.6. The minimum Gasteiger partial charge on any atom is -0.380 e. The van der Waals surface area contributed by atoms with E-state index in [1.165, 1.54) is 0 Å². The van der Waals surface area contributed by atoms with Gasteiger partial charge in [0.2, 0.25) is 0 Å². The van der Waals surface area contributed by atoms with Gasteiger partial charge in [0, 0.05) is 19.8 Å². The summed E-state index contributed by atoms with van der Waals surface area (Å²) in [6.07, 6.45) is 0. The summed E-state index contributed by atoms with van der Waals surface area (Å²) in [6, 6.07) is 0. The molecule has 3 heteroatoms. The van der Waals surface area contributed by atoms with Gasteiger partial charge in [-0.2, -0.15) is 0 Å². The second-order valence-electron chi connectivity index (χ2n) is 2.29. The van der Waals surface area contributed by atoms with E-state index in [1.54, 1.807) is 0 Å². The SMILES string of the molecule is CCOCCN(C)CNC. The Morgan fingerprint density at radius 2 is 2.20 bits per heavy atom. The first-order valence-electron chi connectivity index (χ1n) is 3.72. The lowest BCUT2D eigenvalue weighted by Crippen LogP contribution is -2.31. The van der Waals surface area contributed by atoms with Crippen molar-refractivity contribution in [2.24, 2.45) is 0 Å². The summed E-state index contributed by atoms with van der Waals surface area (Å²) >= 11 is 0. The van der Waals surface area contributed by atoms with Crippen molar-refractivity contribution in [1.82, 2.24) is 10.2 Å². The van der Waals surface area contributed by atoms with Crippen molar-refractivity contribution in [3.05, 3.63) is 0 Å². The van der Waals surface area contributed by atoms with Crippen molar-refractivity contribution in [2.75, 3.05) is 40.5 Å². The monoisotopic (exact) mass is 146 g/mol. The topological polar surface area (TPSA) is 24.5 Å². The van der Waals surface area contributed by atoms with Gasteiger partial charge < -0.3 is 10.1 Å². The zero-order valence-corrected chi connectivity index (χ0v) is 7.18. The molecule has 0 heterocycles. The summed E-state index contributed by atoms with van der Waals surface area (Å²) < 4.78 is 5.18. The number of hydrogen-bond acceptors (Lipinski definition) is 3. The normalized spacial score (nSPS) is 10.8. The summed E-state index contributed by atoms with van der Waals surface area (Å²) in [6.45, 7) is 5.57. The van der Waals surface area contributed by atoms with Crippen molar-refractivity contribution in [2.45, 2.75) is 6.92 Å². The molecule has 0 aliphatic heterocycles. The Morgan fingerprint density at radius 3 is 2.70 bits per heavy atom. The highest BCUT2D eigenvalue weighted by Crippen LogP contribution is 1.79. The van der Waals surface area contributed by atoms with E-state index < -0.39 is 0 Å². The molecule has 62 valence electrons. The molecule has 3 nitrogen and oxygen atoms in total. The lowest BCUT2D eigenvalue weighted by Gasteiger charge is -2.14. The van der Waals surface area contributed by atoms with Crippen LogP contribution in [-0.4, -0.2) is 45.4 Å². The highest BCUT2D eigenvalue weighted by atomic mass is 16.5. The third-order valence-electron chi connectivity index (χ3n) is 1.25. The molecule has 0 aromatic carbocycles. The molecular weight excluding hydrogens is 128 g/mol. The van der Waals surface area contributed by atoms with E-state index >= 15 is 0 Å². The molecule has 0 amide bonds. The maximum absolute atomic E-state index is 5.18. The quantitative estimate of drug-likeness (QED) is 0.426. The van der Waals surface area contributed by atoms with Gasteiger partial charge in [-0.05, 0) is 21.0 Å². The second kappa shape index (κ2) is 6.99. The molecule has 0 rings (SSSR count). The molecule has 0 bridgehead atoms. The van der Waals surface area contributed by atoms with Crippen LogP contribution < -0.4 is 5.32 Å². The highest BCUT2D eigenvalue weighted by molar-refractivity contribution is 4.45. The van der Waals surface area contributed by atoms with Gasteiger partial charge in [0.25, 0.3) is 0 Å². The lowest BCUT2D eigenvalue weighted by molar-refractivity contribution is 0.120. The van der Waals surface area contributed by atoms with Gasteiger partial charge >= 0.3 is 0 Å². The van der Waals surface area contributed by atoms with Crippen LogP contribution in [0, 0.1) is 0 Å². The fourth-order valence-electron chi connectivity index (χ4n) is 0.714. The van der Waals surface area contributed by atoms with Gasteiger partial charge in [0.05, 0.1) is 6.61 Å². The molecule has 0 radical (unpaired) electrons. The van der Waals surface area contributed by atoms with Crippen molar-refractivity contribution < 1.29 is 4.74 Å². The molecule has 1 N–H and O–H groups in total. The smallest absolute Gasteiger partial charge is 0.0593 e. The van der Waals surface area contributed by atoms with Gasteiger partial charge in [-0.15, -0.1) is 0 Å². The average Bonchev–Trinajstić information content (AvgIpc) is 1.89. The number of likely N-dealkylation sites (N-methyl/N-ethyl adjacent to an activating group) is 1. The summed E-state index contributed by atoms with van der Waals surface area (Å²) in [5.41, 5.74) is 0. The molecule has 0 unspecified atom stereocenters. The van der Waals surface area contributed by atoms with Crippen LogP contribution in [0.25, 0.3) is 0 Å². The number of nitrogens with zero attached hydrogens (tertiary/aromatic N) is 1. The largest absolute Gasteiger partial charge is 0.380 e. The van der Waals surface area contributed by atoms with Crippen LogP contribution in [0.15, 0.2) is 0 Å². The molecular formula is C7H18N2O. The van der Waals surface area contributed by atoms with Crippen LogP contribution in [0.5, 0.6) is 0 Å². The van der Waals surface area contributed by atoms with Gasteiger partial charge in [-0.25, -0.2) is 0 Å². The molecule has 0 aromatic rings. The summed E-state index contributed by atoms with van der Waals surface area (Å²) in [4.78, 5) is 2.18. The molecule has 0 aliphatic carbocycles. The van der Waals surface area contributed by atoms with Crippen LogP contribution in [0.3, 0.4) is 0 Å². The number of ether oxygens (including phenoxy) is 1. The van der Waals surface area contributed by atoms with Gasteiger partial charge in [-0.3, -0.25) is 4.90 Å². The number of hydrogen-bond donors (Lipinski definition) is 1. The fraction of sp³-hybridized carbons (Fsp3) is 1.00. The standard InChI is InChI=1S/C7H18N2O/c1-4-10-6-5-9(3)7-8-2/h8H,4-7H2,1-3H3. The number of rotatable bonds is 6. The Balaban J connectivity index is 2.97. The minimum absolute atomic E-state index is 0.813. The van der Waals surface area contributed by atoms with E-state index in [-0.39, 0.29) is 0 Å². The minimum atomic E-state index is 0.813. The molecule has 0 saturated heterocycles. The Morgan fingerprint density at radius 1 is 1.50 bits per heavy atom. The first kappa shape index (κ1) is 9.88. The Hall–Kier alpha value is -0.120. The van der Waals surface area contributed by atoms with Crippen molar-refractivity contribution in [1.29, 1.82) is 0 Å². The summed E-state index contributed by atoms with van der Waals surface area (Å²) in [7, 11) is 4.01. The highest BCUT2D eigenvalue weighted by Gasteiger charge is 1.93. The van der Waals surface area contributed by atoms with Crippen molar-refractivity contribution in [3.63, 3.8) is 0 Å². The number of nitrogens with one attached hydrogen (secondary N) is 1. The molecule has 0 fully saturated rings. The maximum Gasteiger partial charge on any atom is 0.0593 e. The Kier molecular flexibility index (Phi) is 6.91. The first-order chi connectivity index (χ1) is 4.81. The first-order valence-corrected chi connectivity index (χ1v) is 3.72. The predicted molar refractivity (Wildman–Crippen MR) is 43.0 cm³/mol. The summed E-state index contributed by atoms with van der Waals surface area (Å²) in [5.74, 6) is 0. The summed E-state index contributed by atoms with van der Waals surface area (Å²) in [5, 5.41) is 3.06. The third kappa shape index (κ3) is 6.01. The predicted octanol–water partition coefficient (Wildman–Crippen LogP) is 0.132. The third-order valence-corrected chi connectivity index (χ3v) is 1.25. The van der Waals surface area contributed by atoms with E-state index in [2.05, 4.69) is 17.3 Å². The van der Waals surface area contributed by atoms with Gasteiger partial charge in [-0.1, -0.05) is 0 Å². The van der Waals surface area contributed by atoms with E-state index in [4.69, 9.17) is 4.74 Å². The van der Waals surface area contributed by atoms with Gasteiger partial charge in [0.1, 0.15) is 0 Å². The van der Waals surface area contributed by atoms with Crippen LogP contribution in [0.1, 0.15) is 6.92 Å². The van der Waals surface area contributed by atoms with E-state index in [0.29, 0.717) is 0 Å². The van der Waals surface area contributed by atoms with E-state index in [9.17, 15) is 0 Å². The Labute approximate surface area is 63.4 Å². The molecule has 0 atom stereocenters. The zero-order chi connectivity index (χ0) is 7.82. The molecule has 0 aliphatic rings. The Bertz CT molecular complexity index is 68.6. The molecule has 10 heavy (non-hydrogen) atoms. The van der Waals surface area contributed by atoms with Crippen LogP contribution in [0.4, 0.5) is 0 Å².